The van der Waals surface area contributed by atoms with E-state index < -0.39 is 9.84 Å². The van der Waals surface area contributed by atoms with Crippen molar-refractivity contribution in [1.29, 1.82) is 0 Å². The lowest BCUT2D eigenvalue weighted by molar-refractivity contribution is 0.0556. The maximum atomic E-state index is 13.1. The minimum Gasteiger partial charge on any atom is -0.382 e. The molecule has 0 aromatic carbocycles. The van der Waals surface area contributed by atoms with Gasteiger partial charge in [-0.2, -0.15) is 9.61 Å². The molecule has 2 aliphatic heterocycles. The van der Waals surface area contributed by atoms with E-state index in [4.69, 9.17) is 10.7 Å². The monoisotopic (exact) mass is 550 g/mol. The second-order valence-corrected chi connectivity index (χ2v) is 11.8. The van der Waals surface area contributed by atoms with Crippen LogP contribution in [-0.2, 0) is 9.84 Å². The van der Waals surface area contributed by atoms with E-state index in [0.717, 1.165) is 19.1 Å². The summed E-state index contributed by atoms with van der Waals surface area (Å²) in [6.45, 7) is 0. The highest BCUT2D eigenvalue weighted by Gasteiger charge is 2.46. The van der Waals surface area contributed by atoms with E-state index in [0.29, 0.717) is 35.3 Å². The van der Waals surface area contributed by atoms with E-state index in [1.807, 2.05) is 4.90 Å². The number of nitrogens with two attached hydrogens (primary N) is 1. The van der Waals surface area contributed by atoms with Gasteiger partial charge in [0.2, 0.25) is 5.82 Å². The smallest absolute Gasteiger partial charge is 0.294 e. The summed E-state index contributed by atoms with van der Waals surface area (Å²) >= 11 is 0. The Labute approximate surface area is 223 Å². The first-order valence-electron chi connectivity index (χ1n) is 12.4. The lowest BCUT2D eigenvalue weighted by Crippen LogP contribution is -2.46. The first kappa shape index (κ1) is 24.9. The van der Waals surface area contributed by atoms with Crippen molar-refractivity contribution in [3.63, 3.8) is 0 Å². The Kier molecular flexibility index (Phi) is 5.82. The van der Waals surface area contributed by atoms with Crippen LogP contribution in [0.3, 0.4) is 0 Å². The van der Waals surface area contributed by atoms with Gasteiger partial charge in [-0.15, -0.1) is 5.10 Å². The van der Waals surface area contributed by atoms with Gasteiger partial charge in [0.1, 0.15) is 22.7 Å². The predicted octanol–water partition coefficient (Wildman–Crippen LogP) is 0.806. The van der Waals surface area contributed by atoms with Gasteiger partial charge in [-0.1, -0.05) is 6.07 Å². The number of anilines is 1. The van der Waals surface area contributed by atoms with Crippen LogP contribution in [0, 0.1) is 0 Å². The molecule has 3 atom stereocenters. The Bertz CT molecular complexity index is 1680. The van der Waals surface area contributed by atoms with E-state index in [1.165, 1.54) is 24.1 Å². The SMILES string of the molecule is CNC(=O)c1ccc(-c2cnn3c(N)c(S(C)(=O)=O)c([C@H]4C[C@H]5CC[C@@H](C4)N5C(=O)c4nc[nH]n4)nc23)cn1. The van der Waals surface area contributed by atoms with Crippen molar-refractivity contribution in [2.45, 2.75) is 48.6 Å². The number of fused-ring (bicyclic) bond motifs is 3. The molecule has 4 aromatic heterocycles. The number of nitrogen functional groups attached to an aromatic ring is 1. The molecule has 0 saturated carbocycles. The molecule has 15 heteroatoms. The third-order valence-corrected chi connectivity index (χ3v) is 8.69. The largest absolute Gasteiger partial charge is 0.382 e. The Morgan fingerprint density at radius 3 is 2.46 bits per heavy atom. The number of aromatic amines is 1. The summed E-state index contributed by atoms with van der Waals surface area (Å²) in [7, 11) is -2.24. The average molecular weight is 551 g/mol. The number of aromatic nitrogens is 7. The van der Waals surface area contributed by atoms with Crippen LogP contribution in [0.15, 0.2) is 35.7 Å². The molecule has 2 fully saturated rings. The number of nitrogens with one attached hydrogen (secondary N) is 2. The molecule has 6 heterocycles. The van der Waals surface area contributed by atoms with Crippen molar-refractivity contribution < 1.29 is 18.0 Å². The normalized spacial score (nSPS) is 20.9. The first-order valence-corrected chi connectivity index (χ1v) is 14.3. The number of hydrogen-bond acceptors (Lipinski definition) is 10. The van der Waals surface area contributed by atoms with Crippen molar-refractivity contribution in [2.24, 2.45) is 0 Å². The molecule has 4 N–H and O–H groups in total. The zero-order valence-electron chi connectivity index (χ0n) is 21.2. The van der Waals surface area contributed by atoms with Gasteiger partial charge in [-0.05, 0) is 31.7 Å². The molecule has 6 rings (SSSR count). The van der Waals surface area contributed by atoms with E-state index in [-0.39, 0.29) is 52.0 Å². The molecule has 0 radical (unpaired) electrons. The number of pyridine rings is 1. The summed E-state index contributed by atoms with van der Waals surface area (Å²) in [4.78, 5) is 39.8. The highest BCUT2D eigenvalue weighted by Crippen LogP contribution is 2.45. The Hall–Kier alpha value is -4.40. The highest BCUT2D eigenvalue weighted by atomic mass is 32.2. The summed E-state index contributed by atoms with van der Waals surface area (Å²) in [6, 6.07) is 3.12. The molecule has 2 bridgehead atoms. The molecular formula is C24H26N10O4S. The predicted molar refractivity (Wildman–Crippen MR) is 138 cm³/mol. The average Bonchev–Trinajstić information content (AvgIpc) is 3.65. The van der Waals surface area contributed by atoms with E-state index in [1.54, 1.807) is 18.3 Å². The zero-order chi connectivity index (χ0) is 27.5. The van der Waals surface area contributed by atoms with Crippen molar-refractivity contribution >= 4 is 33.1 Å². The summed E-state index contributed by atoms with van der Waals surface area (Å²) < 4.78 is 27.3. The second-order valence-electron chi connectivity index (χ2n) is 9.88. The number of rotatable bonds is 5. The van der Waals surface area contributed by atoms with E-state index >= 15 is 0 Å². The van der Waals surface area contributed by atoms with Crippen LogP contribution in [0.2, 0.25) is 0 Å². The van der Waals surface area contributed by atoms with Gasteiger partial charge < -0.3 is 16.0 Å². The molecule has 202 valence electrons. The standard InChI is InChI=1S/C24H26N10O4S/c1-26-23(35)17-6-3-12(9-27-17)16-10-30-34-20(25)19(39(2,37)38)18(31-22(16)34)13-7-14-4-5-15(8-13)33(14)24(36)21-28-11-29-32-21/h3,6,9-11,13-15H,4-5,7-8,25H2,1-2H3,(H,26,35)(H,28,29,32)/t13-,14+,15-. The molecule has 2 aliphatic rings. The summed E-state index contributed by atoms with van der Waals surface area (Å²) in [6.07, 6.45) is 8.22. The van der Waals surface area contributed by atoms with Crippen LogP contribution in [0.5, 0.6) is 0 Å². The van der Waals surface area contributed by atoms with Crippen LogP contribution < -0.4 is 11.1 Å². The van der Waals surface area contributed by atoms with Crippen molar-refractivity contribution in [1.82, 2.24) is 45.0 Å². The minimum atomic E-state index is -3.77. The number of hydrogen-bond donors (Lipinski definition) is 3. The van der Waals surface area contributed by atoms with E-state index in [2.05, 4.69) is 30.6 Å². The number of amides is 2. The third-order valence-electron chi connectivity index (χ3n) is 7.53. The molecule has 0 spiro atoms. The van der Waals surface area contributed by atoms with Gasteiger partial charge in [0.15, 0.2) is 15.5 Å². The van der Waals surface area contributed by atoms with Gasteiger partial charge in [-0.3, -0.25) is 19.7 Å². The second kappa shape index (κ2) is 9.11. The zero-order valence-corrected chi connectivity index (χ0v) is 22.0. The summed E-state index contributed by atoms with van der Waals surface area (Å²) in [5, 5.41) is 13.4. The van der Waals surface area contributed by atoms with Gasteiger partial charge in [0.25, 0.3) is 11.8 Å². The summed E-state index contributed by atoms with van der Waals surface area (Å²) in [5.41, 5.74) is 8.70. The summed E-state index contributed by atoms with van der Waals surface area (Å²) in [5.74, 6) is -0.700. The third kappa shape index (κ3) is 4.09. The van der Waals surface area contributed by atoms with Crippen molar-refractivity contribution in [3.8, 4) is 11.1 Å². The fourth-order valence-corrected chi connectivity index (χ4v) is 6.91. The minimum absolute atomic E-state index is 0.0229. The molecule has 39 heavy (non-hydrogen) atoms. The van der Waals surface area contributed by atoms with Crippen LogP contribution in [0.1, 0.15) is 58.4 Å². The number of carbonyl (C=O) groups excluding carboxylic acids is 2. The topological polar surface area (TPSA) is 194 Å². The maximum absolute atomic E-state index is 13.1. The molecule has 2 saturated heterocycles. The van der Waals surface area contributed by atoms with Crippen molar-refractivity contribution in [3.05, 3.63) is 48.1 Å². The fraction of sp³-hybridized carbons (Fsp3) is 0.375. The number of piperidine rings is 1. The number of H-pyrrole nitrogens is 1. The van der Waals surface area contributed by atoms with Gasteiger partial charge in [-0.25, -0.2) is 18.4 Å². The van der Waals surface area contributed by atoms with E-state index in [9.17, 15) is 18.0 Å². The van der Waals surface area contributed by atoms with Crippen molar-refractivity contribution in [2.75, 3.05) is 19.0 Å². The Morgan fingerprint density at radius 1 is 1.13 bits per heavy atom. The molecular weight excluding hydrogens is 524 g/mol. The van der Waals surface area contributed by atoms with Crippen LogP contribution in [0.4, 0.5) is 5.82 Å². The lowest BCUT2D eigenvalue weighted by atomic mass is 9.87. The van der Waals surface area contributed by atoms with Gasteiger partial charge >= 0.3 is 0 Å². The number of nitrogens with zero attached hydrogens (tertiary/aromatic N) is 7. The number of carbonyl (C=O) groups is 2. The molecule has 0 aliphatic carbocycles. The Morgan fingerprint density at radius 2 is 1.87 bits per heavy atom. The molecule has 2 amide bonds. The van der Waals surface area contributed by atoms with Gasteiger partial charge in [0.05, 0.1) is 11.9 Å². The highest BCUT2D eigenvalue weighted by molar-refractivity contribution is 7.91. The molecule has 0 unspecified atom stereocenters. The van der Waals surface area contributed by atoms with Crippen LogP contribution in [-0.4, -0.2) is 85.3 Å². The first-order chi connectivity index (χ1) is 18.7. The molecule has 14 nitrogen and oxygen atoms in total. The molecule has 4 aromatic rings. The van der Waals surface area contributed by atoms with Gasteiger partial charge in [0, 0.05) is 48.6 Å². The lowest BCUT2D eigenvalue weighted by Gasteiger charge is -2.38. The Balaban J connectivity index is 1.42. The quantitative estimate of drug-likeness (QED) is 0.320. The van der Waals surface area contributed by atoms with Crippen LogP contribution in [0.25, 0.3) is 16.8 Å². The fourth-order valence-electron chi connectivity index (χ4n) is 5.85. The van der Waals surface area contributed by atoms with Crippen LogP contribution >= 0.6 is 0 Å². The number of sulfone groups is 1. The maximum Gasteiger partial charge on any atom is 0.294 e.